The number of rotatable bonds is 4. The molecule has 2 heterocycles. The predicted molar refractivity (Wildman–Crippen MR) is 97.7 cm³/mol. The van der Waals surface area contributed by atoms with Crippen molar-refractivity contribution in [3.63, 3.8) is 0 Å². The number of nitrogen functional groups attached to an aromatic ring is 1. The number of carbonyl (C=O) groups is 1. The molecular weight excluding hydrogens is 330 g/mol. The molecule has 0 aliphatic rings. The van der Waals surface area contributed by atoms with Gasteiger partial charge in [0.25, 0.3) is 0 Å². The summed E-state index contributed by atoms with van der Waals surface area (Å²) in [6.07, 6.45) is 1.40. The number of anilines is 1. The van der Waals surface area contributed by atoms with Crippen LogP contribution in [0.25, 0.3) is 22.6 Å². The number of benzene rings is 2. The maximum atomic E-state index is 11.3. The second kappa shape index (κ2) is 6.29. The Morgan fingerprint density at radius 3 is 2.65 bits per heavy atom. The third-order valence-corrected chi connectivity index (χ3v) is 4.11. The molecule has 0 fully saturated rings. The van der Waals surface area contributed by atoms with E-state index in [1.165, 1.54) is 6.33 Å². The van der Waals surface area contributed by atoms with Crippen molar-refractivity contribution < 1.29 is 9.90 Å². The summed E-state index contributed by atoms with van der Waals surface area (Å²) in [4.78, 5) is 24.3. The van der Waals surface area contributed by atoms with Gasteiger partial charge in [-0.1, -0.05) is 42.5 Å². The van der Waals surface area contributed by atoms with Crippen LogP contribution >= 0.6 is 0 Å². The number of nitrogens with zero attached hydrogens (tertiary/aromatic N) is 4. The van der Waals surface area contributed by atoms with Crippen molar-refractivity contribution in [2.45, 2.75) is 6.54 Å². The Hall–Kier alpha value is -3.74. The van der Waals surface area contributed by atoms with Crippen LogP contribution in [-0.2, 0) is 6.54 Å². The molecule has 2 aromatic heterocycles. The zero-order chi connectivity index (χ0) is 18.1. The van der Waals surface area contributed by atoms with Crippen molar-refractivity contribution in [1.29, 1.82) is 0 Å². The molecule has 0 amide bonds. The summed E-state index contributed by atoms with van der Waals surface area (Å²) in [5.74, 6) is -0.103. The first-order valence-corrected chi connectivity index (χ1v) is 7.98. The quantitative estimate of drug-likeness (QED) is 0.589. The number of aromatic carboxylic acids is 1. The molecule has 0 atom stereocenters. The number of aromatic nitrogens is 4. The lowest BCUT2D eigenvalue weighted by Gasteiger charge is -2.09. The van der Waals surface area contributed by atoms with Crippen molar-refractivity contribution in [2.75, 3.05) is 5.73 Å². The van der Waals surface area contributed by atoms with Gasteiger partial charge in [-0.25, -0.2) is 19.7 Å². The number of fused-ring (bicyclic) bond motifs is 1. The number of imidazole rings is 1. The van der Waals surface area contributed by atoms with Gasteiger partial charge in [0.1, 0.15) is 12.2 Å². The number of hydrogen-bond donors (Lipinski definition) is 2. The van der Waals surface area contributed by atoms with E-state index in [2.05, 4.69) is 15.0 Å². The SMILES string of the molecule is Nc1ncnc2c1nc(-c1cccc(C(=O)O)c1)n2Cc1ccccc1. The third-order valence-electron chi connectivity index (χ3n) is 4.11. The smallest absolute Gasteiger partial charge is 0.335 e. The van der Waals surface area contributed by atoms with Gasteiger partial charge in [0, 0.05) is 5.56 Å². The fourth-order valence-electron chi connectivity index (χ4n) is 2.88. The minimum absolute atomic E-state index is 0.194. The summed E-state index contributed by atoms with van der Waals surface area (Å²) in [6, 6.07) is 16.5. The second-order valence-electron chi connectivity index (χ2n) is 5.82. The lowest BCUT2D eigenvalue weighted by molar-refractivity contribution is 0.0697. The third kappa shape index (κ3) is 2.75. The van der Waals surface area contributed by atoms with Crippen molar-refractivity contribution >= 4 is 23.0 Å². The molecule has 2 aromatic carbocycles. The van der Waals surface area contributed by atoms with Crippen molar-refractivity contribution in [2.24, 2.45) is 0 Å². The fraction of sp³-hybridized carbons (Fsp3) is 0.0526. The van der Waals surface area contributed by atoms with E-state index < -0.39 is 5.97 Å². The summed E-state index contributed by atoms with van der Waals surface area (Å²) in [6.45, 7) is 0.528. The number of carboxylic acid groups (broad SMARTS) is 1. The van der Waals surface area contributed by atoms with Crippen molar-refractivity contribution in [3.8, 4) is 11.4 Å². The first kappa shape index (κ1) is 15.8. The zero-order valence-electron chi connectivity index (χ0n) is 13.7. The molecule has 0 spiro atoms. The van der Waals surface area contributed by atoms with Crippen LogP contribution in [0.4, 0.5) is 5.82 Å². The normalized spacial score (nSPS) is 10.9. The molecule has 0 radical (unpaired) electrons. The molecule has 7 nitrogen and oxygen atoms in total. The molecule has 0 unspecified atom stereocenters. The van der Waals surface area contributed by atoms with E-state index in [0.29, 0.717) is 29.1 Å². The van der Waals surface area contributed by atoms with Crippen LogP contribution in [0.1, 0.15) is 15.9 Å². The largest absolute Gasteiger partial charge is 0.478 e. The number of nitrogens with two attached hydrogens (primary N) is 1. The zero-order valence-corrected chi connectivity index (χ0v) is 13.7. The maximum Gasteiger partial charge on any atom is 0.335 e. The molecule has 0 bridgehead atoms. The van der Waals surface area contributed by atoms with Gasteiger partial charge in [-0.05, 0) is 17.7 Å². The Labute approximate surface area is 148 Å². The summed E-state index contributed by atoms with van der Waals surface area (Å²) in [5, 5.41) is 9.28. The van der Waals surface area contributed by atoms with E-state index in [0.717, 1.165) is 5.56 Å². The van der Waals surface area contributed by atoms with Crippen LogP contribution in [0.5, 0.6) is 0 Å². The highest BCUT2D eigenvalue weighted by atomic mass is 16.4. The van der Waals surface area contributed by atoms with Crippen LogP contribution in [0, 0.1) is 0 Å². The highest BCUT2D eigenvalue weighted by molar-refractivity contribution is 5.90. The molecule has 0 saturated heterocycles. The molecule has 0 saturated carbocycles. The van der Waals surface area contributed by atoms with Crippen LogP contribution in [0.3, 0.4) is 0 Å². The molecule has 4 rings (SSSR count). The summed E-state index contributed by atoms with van der Waals surface area (Å²) >= 11 is 0. The van der Waals surface area contributed by atoms with E-state index in [-0.39, 0.29) is 11.4 Å². The Bertz CT molecular complexity index is 1110. The van der Waals surface area contributed by atoms with Gasteiger partial charge in [-0.15, -0.1) is 0 Å². The Morgan fingerprint density at radius 1 is 1.08 bits per heavy atom. The highest BCUT2D eigenvalue weighted by Gasteiger charge is 2.17. The van der Waals surface area contributed by atoms with E-state index in [1.54, 1.807) is 18.2 Å². The lowest BCUT2D eigenvalue weighted by Crippen LogP contribution is -2.04. The molecular formula is C19H15N5O2. The van der Waals surface area contributed by atoms with Gasteiger partial charge in [-0.2, -0.15) is 0 Å². The Morgan fingerprint density at radius 2 is 1.88 bits per heavy atom. The van der Waals surface area contributed by atoms with Crippen LogP contribution in [0.2, 0.25) is 0 Å². The Balaban J connectivity index is 1.93. The summed E-state index contributed by atoms with van der Waals surface area (Å²) in [7, 11) is 0. The van der Waals surface area contributed by atoms with E-state index in [4.69, 9.17) is 5.73 Å². The number of hydrogen-bond acceptors (Lipinski definition) is 5. The minimum atomic E-state index is -0.989. The minimum Gasteiger partial charge on any atom is -0.478 e. The average Bonchev–Trinajstić information content (AvgIpc) is 3.03. The van der Waals surface area contributed by atoms with Crippen molar-refractivity contribution in [3.05, 3.63) is 72.1 Å². The molecule has 0 aliphatic heterocycles. The topological polar surface area (TPSA) is 107 Å². The van der Waals surface area contributed by atoms with Gasteiger partial charge in [-0.3, -0.25) is 0 Å². The molecule has 26 heavy (non-hydrogen) atoms. The van der Waals surface area contributed by atoms with Gasteiger partial charge in [0.05, 0.1) is 12.1 Å². The predicted octanol–water partition coefficient (Wildman–Crippen LogP) is 2.82. The van der Waals surface area contributed by atoms with E-state index in [1.807, 2.05) is 41.0 Å². The molecule has 7 heteroatoms. The standard InChI is InChI=1S/C19H15N5O2/c20-16-15-18(22-11-21-16)24(10-12-5-2-1-3-6-12)17(23-15)13-7-4-8-14(9-13)19(25)26/h1-9,11H,10H2,(H,25,26)(H2,20,21,22). The van der Waals surface area contributed by atoms with Crippen molar-refractivity contribution in [1.82, 2.24) is 19.5 Å². The fourth-order valence-corrected chi connectivity index (χ4v) is 2.88. The van der Waals surface area contributed by atoms with E-state index in [9.17, 15) is 9.90 Å². The van der Waals surface area contributed by atoms with Gasteiger partial charge < -0.3 is 15.4 Å². The van der Waals surface area contributed by atoms with Gasteiger partial charge in [0.2, 0.25) is 0 Å². The Kier molecular flexibility index (Phi) is 3.81. The number of carboxylic acids is 1. The first-order valence-electron chi connectivity index (χ1n) is 7.98. The van der Waals surface area contributed by atoms with Crippen LogP contribution in [-0.4, -0.2) is 30.6 Å². The molecule has 128 valence electrons. The van der Waals surface area contributed by atoms with E-state index >= 15 is 0 Å². The molecule has 4 aromatic rings. The van der Waals surface area contributed by atoms with Gasteiger partial charge in [0.15, 0.2) is 17.0 Å². The van der Waals surface area contributed by atoms with Crippen LogP contribution < -0.4 is 5.73 Å². The lowest BCUT2D eigenvalue weighted by atomic mass is 10.1. The summed E-state index contributed by atoms with van der Waals surface area (Å²) in [5.41, 5.74) is 9.02. The average molecular weight is 345 g/mol. The molecule has 3 N–H and O–H groups in total. The highest BCUT2D eigenvalue weighted by Crippen LogP contribution is 2.27. The molecule has 0 aliphatic carbocycles. The van der Waals surface area contributed by atoms with Crippen LogP contribution in [0.15, 0.2) is 60.9 Å². The first-order chi connectivity index (χ1) is 12.6. The maximum absolute atomic E-state index is 11.3. The van der Waals surface area contributed by atoms with Gasteiger partial charge >= 0.3 is 5.97 Å². The second-order valence-corrected chi connectivity index (χ2v) is 5.82. The summed E-state index contributed by atoms with van der Waals surface area (Å²) < 4.78 is 1.92. The monoisotopic (exact) mass is 345 g/mol.